The van der Waals surface area contributed by atoms with Crippen LogP contribution in [-0.4, -0.2) is 34.5 Å². The summed E-state index contributed by atoms with van der Waals surface area (Å²) in [6, 6.07) is 0. The number of hydrogen-bond acceptors (Lipinski definition) is 4. The van der Waals surface area contributed by atoms with Gasteiger partial charge in [0.05, 0.1) is 6.10 Å². The summed E-state index contributed by atoms with van der Waals surface area (Å²) in [7, 11) is 0. The molecule has 0 spiro atoms. The van der Waals surface area contributed by atoms with Crippen LogP contribution >= 0.6 is 0 Å². The number of aliphatic hydroxyl groups excluding tert-OH is 1. The van der Waals surface area contributed by atoms with Crippen molar-refractivity contribution in [2.75, 3.05) is 0 Å². The summed E-state index contributed by atoms with van der Waals surface area (Å²) >= 11 is 0. The SMILES string of the molecule is CC1CCC2C(C)CCC3C(C)C(O)OC(O1)C23O. The summed E-state index contributed by atoms with van der Waals surface area (Å²) < 4.78 is 11.5. The molecule has 1 saturated carbocycles. The predicted octanol–water partition coefficient (Wildman–Crippen LogP) is 1.89. The summed E-state index contributed by atoms with van der Waals surface area (Å²) in [5.74, 6) is 0.751. The Labute approximate surface area is 115 Å². The van der Waals surface area contributed by atoms with Gasteiger partial charge in [-0.1, -0.05) is 13.8 Å². The molecule has 0 bridgehead atoms. The van der Waals surface area contributed by atoms with Crippen LogP contribution in [-0.2, 0) is 9.47 Å². The largest absolute Gasteiger partial charge is 0.384 e. The van der Waals surface area contributed by atoms with Gasteiger partial charge in [0.25, 0.3) is 0 Å². The van der Waals surface area contributed by atoms with Crippen LogP contribution in [0.5, 0.6) is 0 Å². The molecule has 4 nitrogen and oxygen atoms in total. The van der Waals surface area contributed by atoms with Crippen molar-refractivity contribution >= 4 is 0 Å². The Morgan fingerprint density at radius 2 is 1.63 bits per heavy atom. The molecule has 110 valence electrons. The van der Waals surface area contributed by atoms with Crippen molar-refractivity contribution in [3.05, 3.63) is 0 Å². The Bertz CT molecular complexity index is 343. The first kappa shape index (κ1) is 13.8. The maximum atomic E-state index is 11.4. The molecule has 0 radical (unpaired) electrons. The standard InChI is InChI=1S/C15H26O4/c1-8-4-6-12-10(3)13(16)19-14-15(12,17)11(8)7-5-9(2)18-14/h8-14,16-17H,4-7H2,1-3H3. The summed E-state index contributed by atoms with van der Waals surface area (Å²) in [5, 5.41) is 21.4. The van der Waals surface area contributed by atoms with Gasteiger partial charge in [-0.2, -0.15) is 0 Å². The smallest absolute Gasteiger partial charge is 0.190 e. The van der Waals surface area contributed by atoms with E-state index < -0.39 is 18.2 Å². The molecule has 2 N–H and O–H groups in total. The van der Waals surface area contributed by atoms with E-state index in [1.54, 1.807) is 0 Å². The minimum atomic E-state index is -0.929. The van der Waals surface area contributed by atoms with Crippen molar-refractivity contribution in [3.63, 3.8) is 0 Å². The third kappa shape index (κ3) is 1.96. The van der Waals surface area contributed by atoms with E-state index in [1.807, 2.05) is 13.8 Å². The Balaban J connectivity index is 2.00. The number of aliphatic hydroxyl groups is 2. The molecule has 4 heteroatoms. The molecular formula is C15H26O4. The maximum absolute atomic E-state index is 11.4. The van der Waals surface area contributed by atoms with Crippen LogP contribution in [0.15, 0.2) is 0 Å². The maximum Gasteiger partial charge on any atom is 0.190 e. The second-order valence-corrected chi connectivity index (χ2v) is 6.90. The Hall–Kier alpha value is -0.160. The second-order valence-electron chi connectivity index (χ2n) is 6.90. The van der Waals surface area contributed by atoms with Crippen LogP contribution in [0, 0.1) is 23.7 Å². The predicted molar refractivity (Wildman–Crippen MR) is 70.2 cm³/mol. The summed E-state index contributed by atoms with van der Waals surface area (Å²) in [5.41, 5.74) is -0.929. The zero-order valence-electron chi connectivity index (χ0n) is 12.1. The third-order valence-corrected chi connectivity index (χ3v) is 5.77. The minimum absolute atomic E-state index is 0.0340. The van der Waals surface area contributed by atoms with Crippen molar-refractivity contribution in [1.82, 2.24) is 0 Å². The Morgan fingerprint density at radius 3 is 2.37 bits per heavy atom. The normalized spacial score (nSPS) is 58.3. The number of rotatable bonds is 0. The fourth-order valence-corrected chi connectivity index (χ4v) is 4.55. The summed E-state index contributed by atoms with van der Waals surface area (Å²) in [4.78, 5) is 0. The summed E-state index contributed by atoms with van der Waals surface area (Å²) in [6.45, 7) is 6.22. The second kappa shape index (κ2) is 4.69. The number of hydrogen-bond donors (Lipinski definition) is 2. The van der Waals surface area contributed by atoms with E-state index in [0.717, 1.165) is 25.7 Å². The van der Waals surface area contributed by atoms with E-state index in [1.165, 1.54) is 0 Å². The molecule has 3 aliphatic rings. The van der Waals surface area contributed by atoms with Crippen LogP contribution in [0.1, 0.15) is 46.5 Å². The molecule has 3 fully saturated rings. The summed E-state index contributed by atoms with van der Waals surface area (Å²) in [6.07, 6.45) is 2.59. The first-order chi connectivity index (χ1) is 8.94. The Morgan fingerprint density at radius 1 is 0.947 bits per heavy atom. The van der Waals surface area contributed by atoms with Crippen molar-refractivity contribution in [2.24, 2.45) is 23.7 Å². The van der Waals surface area contributed by atoms with Crippen molar-refractivity contribution < 1.29 is 19.7 Å². The molecule has 2 aliphatic heterocycles. The Kier molecular flexibility index (Phi) is 3.41. The van der Waals surface area contributed by atoms with E-state index in [0.29, 0.717) is 5.92 Å². The zero-order chi connectivity index (χ0) is 13.8. The van der Waals surface area contributed by atoms with E-state index in [9.17, 15) is 10.2 Å². The molecule has 19 heavy (non-hydrogen) atoms. The van der Waals surface area contributed by atoms with Gasteiger partial charge in [-0.15, -0.1) is 0 Å². The fraction of sp³-hybridized carbons (Fsp3) is 1.00. The van der Waals surface area contributed by atoms with E-state index >= 15 is 0 Å². The van der Waals surface area contributed by atoms with E-state index in [-0.39, 0.29) is 23.9 Å². The van der Waals surface area contributed by atoms with Crippen LogP contribution in [0.25, 0.3) is 0 Å². The van der Waals surface area contributed by atoms with Crippen LogP contribution in [0.2, 0.25) is 0 Å². The first-order valence-electron chi connectivity index (χ1n) is 7.66. The van der Waals surface area contributed by atoms with Gasteiger partial charge < -0.3 is 19.7 Å². The van der Waals surface area contributed by atoms with Gasteiger partial charge in [0.1, 0.15) is 5.60 Å². The minimum Gasteiger partial charge on any atom is -0.384 e. The van der Waals surface area contributed by atoms with Crippen LogP contribution in [0.4, 0.5) is 0 Å². The lowest BCUT2D eigenvalue weighted by Crippen LogP contribution is -2.66. The van der Waals surface area contributed by atoms with Gasteiger partial charge in [-0.05, 0) is 44.4 Å². The number of ether oxygens (including phenoxy) is 2. The average Bonchev–Trinajstić information content (AvgIpc) is 2.47. The average molecular weight is 270 g/mol. The molecule has 1 aliphatic carbocycles. The van der Waals surface area contributed by atoms with Crippen molar-refractivity contribution in [3.8, 4) is 0 Å². The van der Waals surface area contributed by atoms with Crippen molar-refractivity contribution in [1.29, 1.82) is 0 Å². The highest BCUT2D eigenvalue weighted by Crippen LogP contribution is 2.54. The molecule has 0 aromatic heterocycles. The molecule has 8 unspecified atom stereocenters. The van der Waals surface area contributed by atoms with Gasteiger partial charge in [0.2, 0.25) is 0 Å². The molecule has 0 aromatic carbocycles. The highest BCUT2D eigenvalue weighted by molar-refractivity contribution is 5.06. The lowest BCUT2D eigenvalue weighted by atomic mass is 9.58. The molecule has 0 aromatic rings. The van der Waals surface area contributed by atoms with E-state index in [4.69, 9.17) is 9.47 Å². The van der Waals surface area contributed by atoms with Crippen LogP contribution < -0.4 is 0 Å². The first-order valence-corrected chi connectivity index (χ1v) is 7.66. The quantitative estimate of drug-likeness (QED) is 0.706. The topological polar surface area (TPSA) is 58.9 Å². The van der Waals surface area contributed by atoms with Crippen LogP contribution in [0.3, 0.4) is 0 Å². The van der Waals surface area contributed by atoms with Gasteiger partial charge in [0.15, 0.2) is 12.6 Å². The molecule has 2 saturated heterocycles. The molecule has 8 atom stereocenters. The van der Waals surface area contributed by atoms with E-state index in [2.05, 4.69) is 6.92 Å². The monoisotopic (exact) mass is 270 g/mol. The molecule has 3 rings (SSSR count). The molecule has 0 amide bonds. The van der Waals surface area contributed by atoms with Gasteiger partial charge in [-0.3, -0.25) is 0 Å². The van der Waals surface area contributed by atoms with Gasteiger partial charge in [0, 0.05) is 11.8 Å². The van der Waals surface area contributed by atoms with Gasteiger partial charge in [-0.25, -0.2) is 0 Å². The lowest BCUT2D eigenvalue weighted by Gasteiger charge is -2.56. The third-order valence-electron chi connectivity index (χ3n) is 5.77. The highest BCUT2D eigenvalue weighted by Gasteiger charge is 2.61. The fourth-order valence-electron chi connectivity index (χ4n) is 4.55. The molecule has 2 heterocycles. The molecular weight excluding hydrogens is 244 g/mol. The zero-order valence-corrected chi connectivity index (χ0v) is 12.1. The van der Waals surface area contributed by atoms with Gasteiger partial charge >= 0.3 is 0 Å². The lowest BCUT2D eigenvalue weighted by molar-refractivity contribution is -0.374. The highest BCUT2D eigenvalue weighted by atomic mass is 16.7. The van der Waals surface area contributed by atoms with Crippen molar-refractivity contribution in [2.45, 2.75) is 70.7 Å².